The van der Waals surface area contributed by atoms with Gasteiger partial charge >= 0.3 is 0 Å². The van der Waals surface area contributed by atoms with Crippen LogP contribution in [-0.2, 0) is 0 Å². The van der Waals surface area contributed by atoms with Crippen molar-refractivity contribution in [1.82, 2.24) is 9.97 Å². The second-order valence-corrected chi connectivity index (χ2v) is 5.44. The van der Waals surface area contributed by atoms with Crippen LogP contribution >= 0.6 is 11.6 Å². The molecule has 0 saturated heterocycles. The van der Waals surface area contributed by atoms with Crippen molar-refractivity contribution in [2.24, 2.45) is 5.73 Å². The van der Waals surface area contributed by atoms with E-state index in [1.54, 1.807) is 6.07 Å². The standard InChI is InChI=1S/C15H18ClFN4O/c1-3-10(18)7-19-15-13(17)8(2)20-14(21-15)11-6-9(16)4-5-12(11)22/h4-6,10,22H,3,7,18H2,1-2H3,(H,19,20,21). The lowest BCUT2D eigenvalue weighted by atomic mass is 10.2. The Kier molecular flexibility index (Phi) is 5.15. The molecule has 0 spiro atoms. The Labute approximate surface area is 133 Å². The molecule has 1 aromatic heterocycles. The summed E-state index contributed by atoms with van der Waals surface area (Å²) in [5.74, 6) is -0.294. The molecule has 0 saturated carbocycles. The predicted molar refractivity (Wildman–Crippen MR) is 85.6 cm³/mol. The molecule has 118 valence electrons. The molecule has 0 aliphatic heterocycles. The lowest BCUT2D eigenvalue weighted by Gasteiger charge is -2.13. The van der Waals surface area contributed by atoms with Crippen molar-refractivity contribution in [3.8, 4) is 17.1 Å². The molecule has 5 nitrogen and oxygen atoms in total. The maximum Gasteiger partial charge on any atom is 0.186 e. The molecular formula is C15H18ClFN4O. The van der Waals surface area contributed by atoms with Gasteiger partial charge in [0.25, 0.3) is 0 Å². The Hall–Kier alpha value is -1.92. The van der Waals surface area contributed by atoms with Gasteiger partial charge in [0.15, 0.2) is 17.5 Å². The Balaban J connectivity index is 2.41. The molecule has 1 unspecified atom stereocenters. The number of rotatable bonds is 5. The van der Waals surface area contributed by atoms with Crippen molar-refractivity contribution in [3.63, 3.8) is 0 Å². The van der Waals surface area contributed by atoms with Gasteiger partial charge in [-0.3, -0.25) is 0 Å². The number of anilines is 1. The molecule has 2 aromatic rings. The van der Waals surface area contributed by atoms with E-state index in [9.17, 15) is 9.50 Å². The van der Waals surface area contributed by atoms with Crippen molar-refractivity contribution < 1.29 is 9.50 Å². The molecule has 0 bridgehead atoms. The van der Waals surface area contributed by atoms with E-state index in [4.69, 9.17) is 17.3 Å². The van der Waals surface area contributed by atoms with Gasteiger partial charge in [-0.05, 0) is 31.5 Å². The van der Waals surface area contributed by atoms with Crippen LogP contribution in [0, 0.1) is 12.7 Å². The Morgan fingerprint density at radius 2 is 2.14 bits per heavy atom. The quantitative estimate of drug-likeness (QED) is 0.787. The van der Waals surface area contributed by atoms with E-state index >= 15 is 0 Å². The third kappa shape index (κ3) is 3.64. The molecule has 2 rings (SSSR count). The van der Waals surface area contributed by atoms with E-state index in [1.165, 1.54) is 19.1 Å². The molecule has 0 amide bonds. The predicted octanol–water partition coefficient (Wildman–Crippen LogP) is 3.10. The molecular weight excluding hydrogens is 307 g/mol. The van der Waals surface area contributed by atoms with Crippen molar-refractivity contribution in [2.75, 3.05) is 11.9 Å². The molecule has 4 N–H and O–H groups in total. The van der Waals surface area contributed by atoms with E-state index in [1.807, 2.05) is 6.92 Å². The first-order chi connectivity index (χ1) is 10.4. The summed E-state index contributed by atoms with van der Waals surface area (Å²) in [7, 11) is 0. The summed E-state index contributed by atoms with van der Waals surface area (Å²) in [6, 6.07) is 4.43. The summed E-state index contributed by atoms with van der Waals surface area (Å²) < 4.78 is 14.1. The van der Waals surface area contributed by atoms with Crippen LogP contribution in [0.5, 0.6) is 5.75 Å². The molecule has 0 fully saturated rings. The monoisotopic (exact) mass is 324 g/mol. The van der Waals surface area contributed by atoms with E-state index in [0.29, 0.717) is 17.1 Å². The van der Waals surface area contributed by atoms with Gasteiger partial charge in [-0.1, -0.05) is 18.5 Å². The minimum absolute atomic E-state index is 0.0217. The fourth-order valence-corrected chi connectivity index (χ4v) is 2.03. The summed E-state index contributed by atoms with van der Waals surface area (Å²) in [6.45, 7) is 3.88. The summed E-state index contributed by atoms with van der Waals surface area (Å²) in [5.41, 5.74) is 6.34. The number of hydrogen-bond acceptors (Lipinski definition) is 5. The molecule has 1 heterocycles. The van der Waals surface area contributed by atoms with Crippen LogP contribution in [0.1, 0.15) is 19.0 Å². The minimum Gasteiger partial charge on any atom is -0.507 e. The average Bonchev–Trinajstić information content (AvgIpc) is 2.50. The lowest BCUT2D eigenvalue weighted by molar-refractivity contribution is 0.476. The highest BCUT2D eigenvalue weighted by molar-refractivity contribution is 6.30. The van der Waals surface area contributed by atoms with Crippen LogP contribution in [0.3, 0.4) is 0 Å². The number of halogens is 2. The van der Waals surface area contributed by atoms with Gasteiger partial charge in [0.2, 0.25) is 0 Å². The number of phenols is 1. The molecule has 0 aliphatic rings. The topological polar surface area (TPSA) is 84.1 Å². The number of benzene rings is 1. The number of nitrogens with one attached hydrogen (secondary N) is 1. The molecule has 0 aliphatic carbocycles. The summed E-state index contributed by atoms with van der Waals surface area (Å²) >= 11 is 5.93. The fraction of sp³-hybridized carbons (Fsp3) is 0.333. The maximum absolute atomic E-state index is 14.1. The van der Waals surface area contributed by atoms with E-state index in [-0.39, 0.29) is 29.1 Å². The highest BCUT2D eigenvalue weighted by Crippen LogP contribution is 2.31. The van der Waals surface area contributed by atoms with Crippen LogP contribution < -0.4 is 11.1 Å². The number of nitrogens with two attached hydrogens (primary N) is 1. The van der Waals surface area contributed by atoms with Gasteiger partial charge < -0.3 is 16.2 Å². The van der Waals surface area contributed by atoms with Crippen molar-refractivity contribution in [3.05, 3.63) is 34.7 Å². The highest BCUT2D eigenvalue weighted by atomic mass is 35.5. The van der Waals surface area contributed by atoms with Crippen LogP contribution in [0.25, 0.3) is 11.4 Å². The molecule has 0 radical (unpaired) electrons. The summed E-state index contributed by atoms with van der Waals surface area (Å²) in [6.07, 6.45) is 0.765. The zero-order chi connectivity index (χ0) is 16.3. The number of aromatic nitrogens is 2. The Bertz CT molecular complexity index is 681. The van der Waals surface area contributed by atoms with Crippen LogP contribution in [-0.4, -0.2) is 27.7 Å². The number of hydrogen-bond donors (Lipinski definition) is 3. The number of phenolic OH excluding ortho intramolecular Hbond substituents is 1. The van der Waals surface area contributed by atoms with Gasteiger partial charge in [-0.2, -0.15) is 0 Å². The highest BCUT2D eigenvalue weighted by Gasteiger charge is 2.15. The normalized spacial score (nSPS) is 12.2. The van der Waals surface area contributed by atoms with Crippen molar-refractivity contribution in [2.45, 2.75) is 26.3 Å². The number of aromatic hydroxyl groups is 1. The fourth-order valence-electron chi connectivity index (χ4n) is 1.86. The first-order valence-electron chi connectivity index (χ1n) is 6.94. The Morgan fingerprint density at radius 3 is 2.82 bits per heavy atom. The molecule has 1 atom stereocenters. The van der Waals surface area contributed by atoms with Crippen LogP contribution in [0.4, 0.5) is 10.2 Å². The second kappa shape index (κ2) is 6.89. The van der Waals surface area contributed by atoms with Crippen LogP contribution in [0.15, 0.2) is 18.2 Å². The van der Waals surface area contributed by atoms with Gasteiger partial charge in [0, 0.05) is 17.6 Å². The van der Waals surface area contributed by atoms with Gasteiger partial charge in [-0.15, -0.1) is 0 Å². The van der Waals surface area contributed by atoms with Gasteiger partial charge in [0.05, 0.1) is 11.3 Å². The number of nitrogens with zero attached hydrogens (tertiary/aromatic N) is 2. The largest absolute Gasteiger partial charge is 0.507 e. The van der Waals surface area contributed by atoms with E-state index < -0.39 is 5.82 Å². The maximum atomic E-state index is 14.1. The van der Waals surface area contributed by atoms with E-state index in [2.05, 4.69) is 15.3 Å². The molecule has 22 heavy (non-hydrogen) atoms. The SMILES string of the molecule is CCC(N)CNc1nc(-c2cc(Cl)ccc2O)nc(C)c1F. The molecule has 7 heteroatoms. The van der Waals surface area contributed by atoms with Crippen molar-refractivity contribution >= 4 is 17.4 Å². The first kappa shape index (κ1) is 16.5. The third-order valence-electron chi connectivity index (χ3n) is 3.27. The lowest BCUT2D eigenvalue weighted by Crippen LogP contribution is -2.28. The summed E-state index contributed by atoms with van der Waals surface area (Å²) in [5, 5.41) is 13.2. The molecule has 1 aromatic carbocycles. The number of aryl methyl sites for hydroxylation is 1. The van der Waals surface area contributed by atoms with Crippen molar-refractivity contribution in [1.29, 1.82) is 0 Å². The first-order valence-corrected chi connectivity index (χ1v) is 7.32. The van der Waals surface area contributed by atoms with Gasteiger partial charge in [0.1, 0.15) is 5.75 Å². The average molecular weight is 325 g/mol. The minimum atomic E-state index is -0.534. The van der Waals surface area contributed by atoms with E-state index in [0.717, 1.165) is 6.42 Å². The Morgan fingerprint density at radius 1 is 1.41 bits per heavy atom. The zero-order valence-corrected chi connectivity index (χ0v) is 13.2. The summed E-state index contributed by atoms with van der Waals surface area (Å²) in [4.78, 5) is 8.22. The van der Waals surface area contributed by atoms with Gasteiger partial charge in [-0.25, -0.2) is 14.4 Å². The third-order valence-corrected chi connectivity index (χ3v) is 3.51. The smallest absolute Gasteiger partial charge is 0.186 e. The van der Waals surface area contributed by atoms with Crippen LogP contribution in [0.2, 0.25) is 5.02 Å². The zero-order valence-electron chi connectivity index (χ0n) is 12.4. The second-order valence-electron chi connectivity index (χ2n) is 5.01.